The van der Waals surface area contributed by atoms with Crippen molar-refractivity contribution in [2.45, 2.75) is 43.7 Å². The van der Waals surface area contributed by atoms with E-state index in [4.69, 9.17) is 0 Å². The Hall–Kier alpha value is -0.620. The molecule has 1 fully saturated rings. The smallest absolute Gasteiger partial charge is 0.240 e. The quantitative estimate of drug-likeness (QED) is 0.896. The van der Waals surface area contributed by atoms with Crippen LogP contribution in [0.3, 0.4) is 0 Å². The lowest BCUT2D eigenvalue weighted by Gasteiger charge is -2.30. The van der Waals surface area contributed by atoms with Gasteiger partial charge in [0.05, 0.1) is 4.90 Å². The molecule has 4 nitrogen and oxygen atoms in total. The molecule has 0 amide bonds. The minimum Gasteiger partial charge on any atom is -0.313 e. The third-order valence-corrected chi connectivity index (χ3v) is 4.91. The molecule has 0 aliphatic carbocycles. The van der Waals surface area contributed by atoms with Crippen LogP contribution in [0.5, 0.6) is 0 Å². The Morgan fingerprint density at radius 2 is 1.89 bits per heavy atom. The Morgan fingerprint density at radius 3 is 2.47 bits per heavy atom. The molecule has 6 heteroatoms. The van der Waals surface area contributed by atoms with E-state index < -0.39 is 10.0 Å². The van der Waals surface area contributed by atoms with Crippen LogP contribution >= 0.6 is 12.4 Å². The molecule has 1 aliphatic rings. The number of rotatable bonds is 3. The molecule has 108 valence electrons. The van der Waals surface area contributed by atoms with Crippen LogP contribution in [0.4, 0.5) is 0 Å². The lowest BCUT2D eigenvalue weighted by atomic mass is 10.0. The minimum atomic E-state index is -3.40. The molecule has 0 radical (unpaired) electrons. The van der Waals surface area contributed by atoms with E-state index in [1.807, 2.05) is 26.0 Å². The summed E-state index contributed by atoms with van der Waals surface area (Å²) in [4.78, 5) is 0.339. The van der Waals surface area contributed by atoms with Crippen molar-refractivity contribution >= 4 is 22.4 Å². The molecule has 1 aliphatic heterocycles. The van der Waals surface area contributed by atoms with Crippen LogP contribution in [-0.2, 0) is 10.0 Å². The standard InChI is InChI=1S/C13H20N2O2S.ClH/c1-10-5-7-12(8-6-10)18(16,17)15-13-4-3-9-14-11(13)2;/h5-8,11,13-15H,3-4,9H2,1-2H3;1H. The van der Waals surface area contributed by atoms with Crippen molar-refractivity contribution in [2.75, 3.05) is 6.54 Å². The second-order valence-corrected chi connectivity index (χ2v) is 6.64. The Labute approximate surface area is 121 Å². The van der Waals surface area contributed by atoms with Crippen LogP contribution in [0.15, 0.2) is 29.2 Å². The number of benzene rings is 1. The van der Waals surface area contributed by atoms with Gasteiger partial charge in [0, 0.05) is 12.1 Å². The summed E-state index contributed by atoms with van der Waals surface area (Å²) < 4.78 is 27.2. The number of piperidine rings is 1. The van der Waals surface area contributed by atoms with Crippen LogP contribution in [0.2, 0.25) is 0 Å². The second kappa shape index (κ2) is 6.70. The third kappa shape index (κ3) is 4.18. The van der Waals surface area contributed by atoms with E-state index in [1.165, 1.54) is 0 Å². The summed E-state index contributed by atoms with van der Waals surface area (Å²) in [7, 11) is -3.40. The molecule has 2 unspecified atom stereocenters. The molecule has 0 bridgehead atoms. The first-order valence-corrected chi connectivity index (χ1v) is 7.80. The van der Waals surface area contributed by atoms with E-state index in [9.17, 15) is 8.42 Å². The molecule has 1 aromatic rings. The molecular formula is C13H21ClN2O2S. The van der Waals surface area contributed by atoms with Gasteiger partial charge in [0.1, 0.15) is 0 Å². The number of hydrogen-bond donors (Lipinski definition) is 2. The van der Waals surface area contributed by atoms with Gasteiger partial charge in [-0.2, -0.15) is 0 Å². The molecular weight excluding hydrogens is 284 g/mol. The van der Waals surface area contributed by atoms with Gasteiger partial charge in [-0.25, -0.2) is 13.1 Å². The predicted molar refractivity (Wildman–Crippen MR) is 79.2 cm³/mol. The highest BCUT2D eigenvalue weighted by molar-refractivity contribution is 7.89. The molecule has 1 heterocycles. The number of halogens is 1. The van der Waals surface area contributed by atoms with E-state index in [0.29, 0.717) is 4.90 Å². The zero-order chi connectivity index (χ0) is 13.2. The molecule has 2 atom stereocenters. The largest absolute Gasteiger partial charge is 0.313 e. The summed E-state index contributed by atoms with van der Waals surface area (Å²) in [5.74, 6) is 0. The van der Waals surface area contributed by atoms with Crippen molar-refractivity contribution in [1.82, 2.24) is 10.0 Å². The second-order valence-electron chi connectivity index (χ2n) is 4.93. The highest BCUT2D eigenvalue weighted by Crippen LogP contribution is 2.14. The van der Waals surface area contributed by atoms with Gasteiger partial charge < -0.3 is 5.32 Å². The molecule has 0 spiro atoms. The minimum absolute atomic E-state index is 0. The summed E-state index contributed by atoms with van der Waals surface area (Å²) in [5, 5.41) is 3.29. The van der Waals surface area contributed by atoms with Gasteiger partial charge in [-0.15, -0.1) is 12.4 Å². The maximum Gasteiger partial charge on any atom is 0.240 e. The van der Waals surface area contributed by atoms with Gasteiger partial charge >= 0.3 is 0 Å². The van der Waals surface area contributed by atoms with Crippen LogP contribution in [0.25, 0.3) is 0 Å². The Balaban J connectivity index is 0.00000180. The van der Waals surface area contributed by atoms with Crippen LogP contribution in [0.1, 0.15) is 25.3 Å². The molecule has 1 aromatic carbocycles. The fraction of sp³-hybridized carbons (Fsp3) is 0.538. The molecule has 19 heavy (non-hydrogen) atoms. The van der Waals surface area contributed by atoms with Crippen molar-refractivity contribution in [2.24, 2.45) is 0 Å². The van der Waals surface area contributed by atoms with Crippen molar-refractivity contribution in [1.29, 1.82) is 0 Å². The number of nitrogens with one attached hydrogen (secondary N) is 2. The van der Waals surface area contributed by atoms with Gasteiger partial charge in [-0.05, 0) is 45.4 Å². The lowest BCUT2D eigenvalue weighted by molar-refractivity contribution is 0.349. The average Bonchev–Trinajstić information content (AvgIpc) is 2.32. The van der Waals surface area contributed by atoms with Gasteiger partial charge in [0.2, 0.25) is 10.0 Å². The van der Waals surface area contributed by atoms with Crippen molar-refractivity contribution in [3.63, 3.8) is 0 Å². The van der Waals surface area contributed by atoms with E-state index in [2.05, 4.69) is 10.0 Å². The van der Waals surface area contributed by atoms with Gasteiger partial charge in [-0.1, -0.05) is 17.7 Å². The summed E-state index contributed by atoms with van der Waals surface area (Å²) in [6.45, 7) is 4.92. The van der Waals surface area contributed by atoms with E-state index in [1.54, 1.807) is 12.1 Å². The fourth-order valence-electron chi connectivity index (χ4n) is 2.19. The molecule has 0 aromatic heterocycles. The summed E-state index contributed by atoms with van der Waals surface area (Å²) in [6, 6.07) is 7.09. The Bertz CT molecular complexity index is 502. The Morgan fingerprint density at radius 1 is 1.26 bits per heavy atom. The maximum atomic E-state index is 12.2. The third-order valence-electron chi connectivity index (χ3n) is 3.40. The molecule has 1 saturated heterocycles. The lowest BCUT2D eigenvalue weighted by Crippen LogP contribution is -2.51. The topological polar surface area (TPSA) is 58.2 Å². The van der Waals surface area contributed by atoms with Gasteiger partial charge in [0.15, 0.2) is 0 Å². The summed E-state index contributed by atoms with van der Waals surface area (Å²) in [5.41, 5.74) is 1.06. The van der Waals surface area contributed by atoms with Crippen LogP contribution in [-0.4, -0.2) is 27.0 Å². The molecule has 0 saturated carbocycles. The first-order valence-electron chi connectivity index (χ1n) is 6.31. The van der Waals surface area contributed by atoms with E-state index in [-0.39, 0.29) is 24.5 Å². The summed E-state index contributed by atoms with van der Waals surface area (Å²) in [6.07, 6.45) is 1.89. The normalized spacial score (nSPS) is 23.7. The number of aryl methyl sites for hydroxylation is 1. The van der Waals surface area contributed by atoms with Crippen LogP contribution in [0, 0.1) is 6.92 Å². The SMILES string of the molecule is Cc1ccc(S(=O)(=O)NC2CCCNC2C)cc1.Cl. The predicted octanol–water partition coefficient (Wildman–Crippen LogP) is 1.84. The average molecular weight is 305 g/mol. The maximum absolute atomic E-state index is 12.2. The van der Waals surface area contributed by atoms with Crippen molar-refractivity contribution in [3.05, 3.63) is 29.8 Å². The first-order chi connectivity index (χ1) is 8.49. The monoisotopic (exact) mass is 304 g/mol. The van der Waals surface area contributed by atoms with Crippen molar-refractivity contribution < 1.29 is 8.42 Å². The van der Waals surface area contributed by atoms with E-state index >= 15 is 0 Å². The highest BCUT2D eigenvalue weighted by atomic mass is 35.5. The summed E-state index contributed by atoms with van der Waals surface area (Å²) >= 11 is 0. The van der Waals surface area contributed by atoms with Gasteiger partial charge in [-0.3, -0.25) is 0 Å². The zero-order valence-corrected chi connectivity index (χ0v) is 12.9. The highest BCUT2D eigenvalue weighted by Gasteiger charge is 2.26. The van der Waals surface area contributed by atoms with Crippen LogP contribution < -0.4 is 10.0 Å². The zero-order valence-electron chi connectivity index (χ0n) is 11.2. The molecule has 2 N–H and O–H groups in total. The number of sulfonamides is 1. The fourth-order valence-corrected chi connectivity index (χ4v) is 3.54. The molecule has 2 rings (SSSR count). The Kier molecular flexibility index (Phi) is 5.80. The first kappa shape index (κ1) is 16.4. The van der Waals surface area contributed by atoms with E-state index in [0.717, 1.165) is 24.9 Å². The van der Waals surface area contributed by atoms with Crippen molar-refractivity contribution in [3.8, 4) is 0 Å². The van der Waals surface area contributed by atoms with Gasteiger partial charge in [0.25, 0.3) is 0 Å². The number of hydrogen-bond acceptors (Lipinski definition) is 3.